The standard InChI is InChI=1S/C18H27N3O3S.ClH/c1-19-16-9-12-20(13-10-16)18(22)15-6-5-11-21(14-15)25(23,24)17-7-3-2-4-8-17;/h2-4,7-8,15-16,19H,5-6,9-14H2,1H3;1H. The zero-order valence-corrected chi connectivity index (χ0v) is 16.8. The van der Waals surface area contributed by atoms with Crippen LogP contribution in [0.3, 0.4) is 0 Å². The number of piperidine rings is 2. The lowest BCUT2D eigenvalue weighted by Crippen LogP contribution is -2.50. The van der Waals surface area contributed by atoms with Crippen molar-refractivity contribution in [2.45, 2.75) is 36.6 Å². The van der Waals surface area contributed by atoms with Crippen molar-refractivity contribution in [3.05, 3.63) is 30.3 Å². The van der Waals surface area contributed by atoms with Crippen LogP contribution < -0.4 is 5.32 Å². The third-order valence-corrected chi connectivity index (χ3v) is 7.21. The third-order valence-electron chi connectivity index (χ3n) is 5.33. The van der Waals surface area contributed by atoms with E-state index >= 15 is 0 Å². The van der Waals surface area contributed by atoms with Crippen LogP contribution in [-0.4, -0.2) is 62.8 Å². The molecule has 1 amide bonds. The van der Waals surface area contributed by atoms with Gasteiger partial charge in [-0.3, -0.25) is 4.79 Å². The fourth-order valence-corrected chi connectivity index (χ4v) is 5.30. The predicted octanol–water partition coefficient (Wildman–Crippen LogP) is 1.72. The van der Waals surface area contributed by atoms with Crippen molar-refractivity contribution in [1.29, 1.82) is 0 Å². The Kier molecular flexibility index (Phi) is 7.46. The molecule has 0 saturated carbocycles. The fourth-order valence-electron chi connectivity index (χ4n) is 3.75. The van der Waals surface area contributed by atoms with E-state index in [0.29, 0.717) is 24.0 Å². The van der Waals surface area contributed by atoms with E-state index in [2.05, 4.69) is 5.32 Å². The smallest absolute Gasteiger partial charge is 0.243 e. The summed E-state index contributed by atoms with van der Waals surface area (Å²) >= 11 is 0. The van der Waals surface area contributed by atoms with Crippen molar-refractivity contribution in [3.8, 4) is 0 Å². The second-order valence-corrected chi connectivity index (χ2v) is 8.84. The number of nitrogens with one attached hydrogen (secondary N) is 1. The van der Waals surface area contributed by atoms with Crippen LogP contribution in [0.1, 0.15) is 25.7 Å². The molecular weight excluding hydrogens is 374 g/mol. The van der Waals surface area contributed by atoms with Crippen molar-refractivity contribution < 1.29 is 13.2 Å². The number of hydrogen-bond donors (Lipinski definition) is 1. The van der Waals surface area contributed by atoms with Crippen LogP contribution in [0.4, 0.5) is 0 Å². The molecule has 2 saturated heterocycles. The number of hydrogen-bond acceptors (Lipinski definition) is 4. The first-order valence-electron chi connectivity index (χ1n) is 9.03. The minimum atomic E-state index is -3.52. The second-order valence-electron chi connectivity index (χ2n) is 6.90. The van der Waals surface area contributed by atoms with Gasteiger partial charge >= 0.3 is 0 Å². The largest absolute Gasteiger partial charge is 0.342 e. The van der Waals surface area contributed by atoms with Crippen LogP contribution in [0.5, 0.6) is 0 Å². The lowest BCUT2D eigenvalue weighted by molar-refractivity contribution is -0.137. The van der Waals surface area contributed by atoms with Gasteiger partial charge in [-0.2, -0.15) is 4.31 Å². The zero-order valence-electron chi connectivity index (χ0n) is 15.1. The van der Waals surface area contributed by atoms with Crippen LogP contribution in [-0.2, 0) is 14.8 Å². The molecule has 3 rings (SSSR count). The van der Waals surface area contributed by atoms with Gasteiger partial charge in [-0.25, -0.2) is 8.42 Å². The molecule has 1 N–H and O–H groups in total. The molecule has 0 spiro atoms. The Morgan fingerprint density at radius 1 is 1.08 bits per heavy atom. The first-order valence-corrected chi connectivity index (χ1v) is 10.5. The molecule has 6 nitrogen and oxygen atoms in total. The Bertz CT molecular complexity index is 691. The maximum atomic E-state index is 12.8. The Morgan fingerprint density at radius 3 is 2.35 bits per heavy atom. The van der Waals surface area contributed by atoms with Gasteiger partial charge in [0.1, 0.15) is 0 Å². The summed E-state index contributed by atoms with van der Waals surface area (Å²) in [6.45, 7) is 2.30. The molecular formula is C18H28ClN3O3S. The Morgan fingerprint density at radius 2 is 1.73 bits per heavy atom. The molecule has 1 atom stereocenters. The third kappa shape index (κ3) is 4.57. The van der Waals surface area contributed by atoms with Crippen molar-refractivity contribution in [3.63, 3.8) is 0 Å². The van der Waals surface area contributed by atoms with Gasteiger partial charge in [0.2, 0.25) is 15.9 Å². The van der Waals surface area contributed by atoms with E-state index in [-0.39, 0.29) is 24.2 Å². The van der Waals surface area contributed by atoms with Gasteiger partial charge in [0.25, 0.3) is 0 Å². The highest BCUT2D eigenvalue weighted by Crippen LogP contribution is 2.26. The molecule has 0 aliphatic carbocycles. The molecule has 146 valence electrons. The maximum Gasteiger partial charge on any atom is 0.243 e. The molecule has 2 aliphatic heterocycles. The van der Waals surface area contributed by atoms with E-state index in [1.54, 1.807) is 30.3 Å². The quantitative estimate of drug-likeness (QED) is 0.834. The van der Waals surface area contributed by atoms with E-state index in [1.807, 2.05) is 11.9 Å². The van der Waals surface area contributed by atoms with E-state index in [4.69, 9.17) is 0 Å². The number of carbonyl (C=O) groups excluding carboxylic acids is 1. The van der Waals surface area contributed by atoms with Crippen LogP contribution in [0.25, 0.3) is 0 Å². The van der Waals surface area contributed by atoms with Gasteiger partial charge in [0.05, 0.1) is 10.8 Å². The highest BCUT2D eigenvalue weighted by molar-refractivity contribution is 7.89. The number of likely N-dealkylation sites (tertiary alicyclic amines) is 1. The van der Waals surface area contributed by atoms with E-state index in [1.165, 1.54) is 4.31 Å². The number of rotatable bonds is 4. The van der Waals surface area contributed by atoms with Crippen LogP contribution in [0.2, 0.25) is 0 Å². The van der Waals surface area contributed by atoms with Crippen LogP contribution >= 0.6 is 12.4 Å². The van der Waals surface area contributed by atoms with E-state index in [9.17, 15) is 13.2 Å². The minimum absolute atomic E-state index is 0. The summed E-state index contributed by atoms with van der Waals surface area (Å²) in [6.07, 6.45) is 3.42. The second kappa shape index (κ2) is 9.17. The van der Waals surface area contributed by atoms with Crippen molar-refractivity contribution >= 4 is 28.3 Å². The molecule has 8 heteroatoms. The summed E-state index contributed by atoms with van der Waals surface area (Å²) in [5.41, 5.74) is 0. The first kappa shape index (κ1) is 21.2. The van der Waals surface area contributed by atoms with Crippen molar-refractivity contribution in [1.82, 2.24) is 14.5 Å². The molecule has 2 aliphatic rings. The van der Waals surface area contributed by atoms with Gasteiger partial charge in [0.15, 0.2) is 0 Å². The number of benzene rings is 1. The molecule has 2 heterocycles. The van der Waals surface area contributed by atoms with Gasteiger partial charge < -0.3 is 10.2 Å². The molecule has 2 fully saturated rings. The van der Waals surface area contributed by atoms with Crippen molar-refractivity contribution in [2.75, 3.05) is 33.2 Å². The summed E-state index contributed by atoms with van der Waals surface area (Å²) in [4.78, 5) is 15.1. The zero-order chi connectivity index (χ0) is 17.9. The average Bonchev–Trinajstić information content (AvgIpc) is 2.68. The van der Waals surface area contributed by atoms with Crippen LogP contribution in [0.15, 0.2) is 35.2 Å². The summed E-state index contributed by atoms with van der Waals surface area (Å²) in [7, 11) is -1.57. The minimum Gasteiger partial charge on any atom is -0.342 e. The summed E-state index contributed by atoms with van der Waals surface area (Å²) < 4.78 is 27.1. The van der Waals surface area contributed by atoms with Gasteiger partial charge in [-0.15, -0.1) is 12.4 Å². The normalized spacial score (nSPS) is 22.7. The molecule has 1 unspecified atom stereocenters. The molecule has 26 heavy (non-hydrogen) atoms. The number of sulfonamides is 1. The van der Waals surface area contributed by atoms with Crippen molar-refractivity contribution in [2.24, 2.45) is 5.92 Å². The molecule has 0 bridgehead atoms. The Balaban J connectivity index is 0.00000243. The number of halogens is 1. The molecule has 0 aromatic heterocycles. The molecule has 0 radical (unpaired) electrons. The number of nitrogens with zero attached hydrogens (tertiary/aromatic N) is 2. The summed E-state index contributed by atoms with van der Waals surface area (Å²) in [5, 5.41) is 3.26. The number of amides is 1. The lowest BCUT2D eigenvalue weighted by atomic mass is 9.96. The highest BCUT2D eigenvalue weighted by atomic mass is 35.5. The monoisotopic (exact) mass is 401 g/mol. The highest BCUT2D eigenvalue weighted by Gasteiger charge is 2.35. The van der Waals surface area contributed by atoms with Crippen LogP contribution in [0, 0.1) is 5.92 Å². The van der Waals surface area contributed by atoms with Gasteiger partial charge in [0, 0.05) is 32.2 Å². The lowest BCUT2D eigenvalue weighted by Gasteiger charge is -2.37. The summed E-state index contributed by atoms with van der Waals surface area (Å²) in [5.74, 6) is -0.110. The fraction of sp³-hybridized carbons (Fsp3) is 0.611. The van der Waals surface area contributed by atoms with Gasteiger partial charge in [-0.1, -0.05) is 18.2 Å². The van der Waals surface area contributed by atoms with Gasteiger partial charge in [-0.05, 0) is 44.9 Å². The molecule has 1 aromatic carbocycles. The van der Waals surface area contributed by atoms with E-state index < -0.39 is 10.0 Å². The SMILES string of the molecule is CNC1CCN(C(=O)C2CCCN(S(=O)(=O)c3ccccc3)C2)CC1.Cl. The topological polar surface area (TPSA) is 69.7 Å². The number of carbonyl (C=O) groups is 1. The Hall–Kier alpha value is -1.15. The summed E-state index contributed by atoms with van der Waals surface area (Å²) in [6, 6.07) is 8.96. The Labute approximate surface area is 162 Å². The maximum absolute atomic E-state index is 12.8. The molecule has 1 aromatic rings. The first-order chi connectivity index (χ1) is 12.0. The predicted molar refractivity (Wildman–Crippen MR) is 104 cm³/mol. The van der Waals surface area contributed by atoms with E-state index in [0.717, 1.165) is 38.8 Å². The average molecular weight is 402 g/mol.